The fourth-order valence-corrected chi connectivity index (χ4v) is 3.24. The fourth-order valence-electron chi connectivity index (χ4n) is 2.93. The summed E-state index contributed by atoms with van der Waals surface area (Å²) in [5.41, 5.74) is 8.16. The summed E-state index contributed by atoms with van der Waals surface area (Å²) in [6.07, 6.45) is 5.25. The summed E-state index contributed by atoms with van der Waals surface area (Å²) in [5.74, 6) is 0.906. The van der Waals surface area contributed by atoms with Gasteiger partial charge in [0.05, 0.1) is 10.7 Å². The maximum absolute atomic E-state index is 6.41. The second-order valence-corrected chi connectivity index (χ2v) is 6.13. The van der Waals surface area contributed by atoms with Gasteiger partial charge in [-0.25, -0.2) is 0 Å². The Balaban J connectivity index is 2.03. The van der Waals surface area contributed by atoms with Crippen molar-refractivity contribution < 1.29 is 0 Å². The van der Waals surface area contributed by atoms with Crippen molar-refractivity contribution in [3.8, 4) is 0 Å². The monoisotopic (exact) mass is 280 g/mol. The molecule has 3 heteroatoms. The van der Waals surface area contributed by atoms with Crippen LogP contribution in [0.2, 0.25) is 5.02 Å². The molecule has 1 aliphatic heterocycles. The molecule has 2 rings (SSSR count). The van der Waals surface area contributed by atoms with Crippen molar-refractivity contribution in [2.24, 2.45) is 11.7 Å². The highest BCUT2D eigenvalue weighted by Crippen LogP contribution is 2.32. The van der Waals surface area contributed by atoms with Gasteiger partial charge in [-0.1, -0.05) is 37.4 Å². The SMILES string of the molecule is CCCC1CCN(c2ccc([C@@H](C)N)cc2Cl)CC1. The second kappa shape index (κ2) is 6.62. The van der Waals surface area contributed by atoms with Crippen LogP contribution in [0.1, 0.15) is 51.1 Å². The maximum atomic E-state index is 6.41. The summed E-state index contributed by atoms with van der Waals surface area (Å²) in [6.45, 7) is 6.52. The van der Waals surface area contributed by atoms with Crippen molar-refractivity contribution in [3.05, 3.63) is 28.8 Å². The van der Waals surface area contributed by atoms with Gasteiger partial charge >= 0.3 is 0 Å². The van der Waals surface area contributed by atoms with Crippen LogP contribution in [0.25, 0.3) is 0 Å². The quantitative estimate of drug-likeness (QED) is 0.887. The Bertz CT molecular complexity index is 409. The van der Waals surface area contributed by atoms with Gasteiger partial charge in [-0.3, -0.25) is 0 Å². The van der Waals surface area contributed by atoms with Gasteiger partial charge in [-0.2, -0.15) is 0 Å². The molecule has 0 unspecified atom stereocenters. The number of rotatable bonds is 4. The van der Waals surface area contributed by atoms with Crippen LogP contribution < -0.4 is 10.6 Å². The molecule has 1 aromatic carbocycles. The third kappa shape index (κ3) is 3.64. The molecule has 1 aromatic rings. The number of hydrogen-bond acceptors (Lipinski definition) is 2. The van der Waals surface area contributed by atoms with Gasteiger partial charge in [-0.05, 0) is 43.4 Å². The molecule has 1 atom stereocenters. The highest BCUT2D eigenvalue weighted by Gasteiger charge is 2.20. The van der Waals surface area contributed by atoms with Crippen LogP contribution in [-0.2, 0) is 0 Å². The number of anilines is 1. The molecule has 0 aliphatic carbocycles. The minimum atomic E-state index is 0.0434. The summed E-state index contributed by atoms with van der Waals surface area (Å²) < 4.78 is 0. The lowest BCUT2D eigenvalue weighted by molar-refractivity contribution is 0.378. The van der Waals surface area contributed by atoms with E-state index in [1.165, 1.54) is 31.4 Å². The molecule has 0 amide bonds. The molecule has 19 heavy (non-hydrogen) atoms. The molecule has 106 valence electrons. The topological polar surface area (TPSA) is 29.3 Å². The maximum Gasteiger partial charge on any atom is 0.0642 e. The molecule has 1 aliphatic rings. The molecule has 1 saturated heterocycles. The predicted octanol–water partition coefficient (Wildman–Crippen LogP) is 4.38. The first-order chi connectivity index (χ1) is 9.11. The van der Waals surface area contributed by atoms with Crippen LogP contribution in [0.4, 0.5) is 5.69 Å². The zero-order valence-corrected chi connectivity index (χ0v) is 12.8. The lowest BCUT2D eigenvalue weighted by Gasteiger charge is -2.34. The Morgan fingerprint density at radius 3 is 2.58 bits per heavy atom. The van der Waals surface area contributed by atoms with Gasteiger partial charge in [0, 0.05) is 19.1 Å². The van der Waals surface area contributed by atoms with Crippen LogP contribution >= 0.6 is 11.6 Å². The first-order valence-electron chi connectivity index (χ1n) is 7.41. The summed E-state index contributed by atoms with van der Waals surface area (Å²) in [4.78, 5) is 2.42. The minimum Gasteiger partial charge on any atom is -0.370 e. The van der Waals surface area contributed by atoms with E-state index in [1.54, 1.807) is 0 Å². The third-order valence-electron chi connectivity index (χ3n) is 4.15. The van der Waals surface area contributed by atoms with Crippen LogP contribution in [0.3, 0.4) is 0 Å². The van der Waals surface area contributed by atoms with Crippen molar-refractivity contribution in [1.29, 1.82) is 0 Å². The normalized spacial score (nSPS) is 18.6. The number of benzene rings is 1. The summed E-state index contributed by atoms with van der Waals surface area (Å²) in [5, 5.41) is 0.837. The van der Waals surface area contributed by atoms with Crippen molar-refractivity contribution >= 4 is 17.3 Å². The zero-order valence-electron chi connectivity index (χ0n) is 12.0. The van der Waals surface area contributed by atoms with Crippen LogP contribution in [0.15, 0.2) is 18.2 Å². The molecule has 0 bridgehead atoms. The molecule has 0 aromatic heterocycles. The molecular formula is C16H25ClN2. The highest BCUT2D eigenvalue weighted by molar-refractivity contribution is 6.33. The molecule has 1 fully saturated rings. The van der Waals surface area contributed by atoms with Gasteiger partial charge in [0.15, 0.2) is 0 Å². The van der Waals surface area contributed by atoms with E-state index in [4.69, 9.17) is 17.3 Å². The number of halogens is 1. The molecule has 0 spiro atoms. The average Bonchev–Trinajstić information content (AvgIpc) is 2.40. The van der Waals surface area contributed by atoms with Gasteiger partial charge in [0.2, 0.25) is 0 Å². The molecule has 0 saturated carbocycles. The lowest BCUT2D eigenvalue weighted by Crippen LogP contribution is -2.33. The Morgan fingerprint density at radius 2 is 2.05 bits per heavy atom. The summed E-state index contributed by atoms with van der Waals surface area (Å²) >= 11 is 6.41. The number of hydrogen-bond donors (Lipinski definition) is 1. The van der Waals surface area contributed by atoms with Crippen molar-refractivity contribution in [2.45, 2.75) is 45.6 Å². The van der Waals surface area contributed by atoms with Crippen molar-refractivity contribution in [2.75, 3.05) is 18.0 Å². The molecule has 2 nitrogen and oxygen atoms in total. The fraction of sp³-hybridized carbons (Fsp3) is 0.625. The van der Waals surface area contributed by atoms with E-state index in [0.717, 1.165) is 29.6 Å². The Hall–Kier alpha value is -0.730. The standard InChI is InChI=1S/C16H25ClN2/c1-3-4-13-7-9-19(10-8-13)16-6-5-14(12(2)18)11-15(16)17/h5-6,11-13H,3-4,7-10,18H2,1-2H3/t12-/m1/s1. The molecule has 2 N–H and O–H groups in total. The van der Waals surface area contributed by atoms with Gasteiger partial charge in [-0.15, -0.1) is 0 Å². The van der Waals surface area contributed by atoms with Crippen molar-refractivity contribution in [3.63, 3.8) is 0 Å². The summed E-state index contributed by atoms with van der Waals surface area (Å²) in [6, 6.07) is 6.28. The largest absolute Gasteiger partial charge is 0.370 e. The van der Waals surface area contributed by atoms with E-state index >= 15 is 0 Å². The zero-order chi connectivity index (χ0) is 13.8. The Labute approximate surface area is 121 Å². The number of nitrogens with zero attached hydrogens (tertiary/aromatic N) is 1. The van der Waals surface area contributed by atoms with E-state index in [1.807, 2.05) is 13.0 Å². The molecule has 0 radical (unpaired) electrons. The van der Waals surface area contributed by atoms with Crippen LogP contribution in [-0.4, -0.2) is 13.1 Å². The van der Waals surface area contributed by atoms with E-state index in [-0.39, 0.29) is 6.04 Å². The summed E-state index contributed by atoms with van der Waals surface area (Å²) in [7, 11) is 0. The molecular weight excluding hydrogens is 256 g/mol. The predicted molar refractivity (Wildman–Crippen MR) is 83.9 cm³/mol. The second-order valence-electron chi connectivity index (χ2n) is 5.72. The van der Waals surface area contributed by atoms with E-state index < -0.39 is 0 Å². The smallest absolute Gasteiger partial charge is 0.0642 e. The number of piperidine rings is 1. The Morgan fingerprint density at radius 1 is 1.37 bits per heavy atom. The van der Waals surface area contributed by atoms with Crippen LogP contribution in [0.5, 0.6) is 0 Å². The van der Waals surface area contributed by atoms with Gasteiger partial charge in [0.25, 0.3) is 0 Å². The first-order valence-corrected chi connectivity index (χ1v) is 7.79. The van der Waals surface area contributed by atoms with Gasteiger partial charge < -0.3 is 10.6 Å². The van der Waals surface area contributed by atoms with E-state index in [2.05, 4.69) is 24.0 Å². The average molecular weight is 281 g/mol. The lowest BCUT2D eigenvalue weighted by atomic mass is 9.92. The van der Waals surface area contributed by atoms with E-state index in [9.17, 15) is 0 Å². The van der Waals surface area contributed by atoms with Crippen LogP contribution in [0, 0.1) is 5.92 Å². The van der Waals surface area contributed by atoms with E-state index in [0.29, 0.717) is 0 Å². The first kappa shape index (κ1) is 14.7. The Kier molecular flexibility index (Phi) is 5.12. The molecule has 1 heterocycles. The minimum absolute atomic E-state index is 0.0434. The third-order valence-corrected chi connectivity index (χ3v) is 4.45. The van der Waals surface area contributed by atoms with Crippen molar-refractivity contribution in [1.82, 2.24) is 0 Å². The number of nitrogens with two attached hydrogens (primary N) is 1. The highest BCUT2D eigenvalue weighted by atomic mass is 35.5. The van der Waals surface area contributed by atoms with Gasteiger partial charge in [0.1, 0.15) is 0 Å².